The molecule has 25 heavy (non-hydrogen) atoms. The highest BCUT2D eigenvalue weighted by Gasteiger charge is 2.33. The Balaban J connectivity index is 2.18. The molecule has 0 aromatic heterocycles. The largest absolute Gasteiger partial charge is 0.420 e. The molecular weight excluding hydrogens is 369 g/mol. The van der Waals surface area contributed by atoms with Crippen molar-refractivity contribution in [2.24, 2.45) is 5.92 Å². The first-order chi connectivity index (χ1) is 11.6. The van der Waals surface area contributed by atoms with Crippen molar-refractivity contribution in [2.75, 3.05) is 0 Å². The van der Waals surface area contributed by atoms with Crippen molar-refractivity contribution < 1.29 is 31.5 Å². The van der Waals surface area contributed by atoms with Gasteiger partial charge in [0, 0.05) is 11.7 Å². The van der Waals surface area contributed by atoms with E-state index < -0.39 is 52.1 Å². The summed E-state index contributed by atoms with van der Waals surface area (Å²) >= 11 is 6.15. The van der Waals surface area contributed by atoms with Crippen molar-refractivity contribution in [3.8, 4) is 5.75 Å². The molecule has 1 aromatic rings. The molecule has 0 saturated carbocycles. The van der Waals surface area contributed by atoms with E-state index in [1.807, 2.05) is 13.8 Å². The monoisotopic (exact) mass is 383 g/mol. The minimum Gasteiger partial charge on any atom is -0.420 e. The van der Waals surface area contributed by atoms with Gasteiger partial charge in [-0.2, -0.15) is 8.78 Å². The van der Waals surface area contributed by atoms with Crippen molar-refractivity contribution >= 4 is 17.6 Å². The molecule has 138 valence electrons. The zero-order chi connectivity index (χ0) is 18.9. The molecular formula is C16H15ClF5NO2. The molecule has 1 N–H and O–H groups in total. The molecule has 0 heterocycles. The molecule has 0 aliphatic heterocycles. The molecule has 2 unspecified atom stereocenters. The van der Waals surface area contributed by atoms with Crippen LogP contribution in [0.3, 0.4) is 0 Å². The third-order valence-electron chi connectivity index (χ3n) is 3.61. The van der Waals surface area contributed by atoms with Crippen LogP contribution in [0.1, 0.15) is 26.7 Å². The summed E-state index contributed by atoms with van der Waals surface area (Å²) in [5, 5.41) is 2.53. The van der Waals surface area contributed by atoms with E-state index in [9.17, 15) is 26.7 Å². The Labute approximate surface area is 145 Å². The quantitative estimate of drug-likeness (QED) is 0.212. The fourth-order valence-electron chi connectivity index (χ4n) is 2.40. The number of hydrogen-bond acceptors (Lipinski definition) is 3. The average Bonchev–Trinajstić information content (AvgIpc) is 2.56. The highest BCUT2D eigenvalue weighted by molar-refractivity contribution is 6.22. The van der Waals surface area contributed by atoms with Gasteiger partial charge in [0.1, 0.15) is 0 Å². The SMILES string of the molecule is CC(C)NC1=CCC(C(=O)Oc2c(F)c(F)c(F)c(F)c2F)CC1Cl. The maximum atomic E-state index is 13.6. The van der Waals surface area contributed by atoms with Crippen LogP contribution in [0, 0.1) is 35.0 Å². The van der Waals surface area contributed by atoms with Gasteiger partial charge in [0.2, 0.25) is 34.8 Å². The maximum Gasteiger partial charge on any atom is 0.314 e. The van der Waals surface area contributed by atoms with Crippen LogP contribution in [0.2, 0.25) is 0 Å². The summed E-state index contributed by atoms with van der Waals surface area (Å²) in [6.45, 7) is 3.79. The van der Waals surface area contributed by atoms with Crippen LogP contribution in [0.15, 0.2) is 11.8 Å². The van der Waals surface area contributed by atoms with Gasteiger partial charge in [-0.3, -0.25) is 4.79 Å². The molecule has 0 amide bonds. The van der Waals surface area contributed by atoms with E-state index in [-0.39, 0.29) is 18.9 Å². The van der Waals surface area contributed by atoms with Gasteiger partial charge in [0.15, 0.2) is 0 Å². The van der Waals surface area contributed by atoms with Gasteiger partial charge in [0.25, 0.3) is 0 Å². The number of carbonyl (C=O) groups excluding carboxylic acids is 1. The summed E-state index contributed by atoms with van der Waals surface area (Å²) in [7, 11) is 0. The van der Waals surface area contributed by atoms with Crippen molar-refractivity contribution in [3.63, 3.8) is 0 Å². The van der Waals surface area contributed by atoms with E-state index in [2.05, 4.69) is 10.1 Å². The first-order valence-electron chi connectivity index (χ1n) is 7.47. The Kier molecular flexibility index (Phi) is 5.92. The lowest BCUT2D eigenvalue weighted by atomic mass is 9.92. The van der Waals surface area contributed by atoms with E-state index in [1.165, 1.54) is 0 Å². The minimum absolute atomic E-state index is 0.0986. The normalized spacial score (nSPS) is 20.4. The predicted molar refractivity (Wildman–Crippen MR) is 80.6 cm³/mol. The van der Waals surface area contributed by atoms with Gasteiger partial charge in [-0.25, -0.2) is 13.2 Å². The molecule has 0 saturated heterocycles. The number of esters is 1. The number of rotatable bonds is 4. The van der Waals surface area contributed by atoms with Crippen molar-refractivity contribution in [1.29, 1.82) is 0 Å². The van der Waals surface area contributed by atoms with E-state index >= 15 is 0 Å². The molecule has 3 nitrogen and oxygen atoms in total. The van der Waals surface area contributed by atoms with Gasteiger partial charge >= 0.3 is 5.97 Å². The second-order valence-corrected chi connectivity index (χ2v) is 6.44. The van der Waals surface area contributed by atoms with Gasteiger partial charge in [-0.15, -0.1) is 11.6 Å². The van der Waals surface area contributed by atoms with Crippen LogP contribution in [0.4, 0.5) is 22.0 Å². The molecule has 9 heteroatoms. The lowest BCUT2D eigenvalue weighted by molar-refractivity contribution is -0.139. The molecule has 0 spiro atoms. The molecule has 0 bridgehead atoms. The summed E-state index contributed by atoms with van der Waals surface area (Å²) in [5.74, 6) is -14.7. The maximum absolute atomic E-state index is 13.6. The van der Waals surface area contributed by atoms with Crippen LogP contribution in [-0.4, -0.2) is 17.4 Å². The highest BCUT2D eigenvalue weighted by Crippen LogP contribution is 2.32. The van der Waals surface area contributed by atoms with Crippen molar-refractivity contribution in [1.82, 2.24) is 5.32 Å². The van der Waals surface area contributed by atoms with Gasteiger partial charge in [-0.1, -0.05) is 6.08 Å². The Morgan fingerprint density at radius 2 is 1.64 bits per heavy atom. The number of carbonyl (C=O) groups is 1. The zero-order valence-electron chi connectivity index (χ0n) is 13.3. The average molecular weight is 384 g/mol. The first-order valence-corrected chi connectivity index (χ1v) is 7.90. The standard InChI is InChI=1S/C16H15ClF5NO2/c1-6(2)23-9-4-3-7(5-8(9)17)16(24)25-15-13(21)11(19)10(18)12(20)14(15)22/h4,6-8,23H,3,5H2,1-2H3. The van der Waals surface area contributed by atoms with Crippen molar-refractivity contribution in [3.05, 3.63) is 40.9 Å². The van der Waals surface area contributed by atoms with Crippen molar-refractivity contribution in [2.45, 2.75) is 38.1 Å². The van der Waals surface area contributed by atoms with Crippen LogP contribution in [0.25, 0.3) is 0 Å². The third kappa shape index (κ3) is 4.05. The lowest BCUT2D eigenvalue weighted by Crippen LogP contribution is -2.34. The van der Waals surface area contributed by atoms with E-state index in [0.29, 0.717) is 5.70 Å². The number of hydrogen-bond donors (Lipinski definition) is 1. The molecule has 2 atom stereocenters. The summed E-state index contributed by atoms with van der Waals surface area (Å²) in [4.78, 5) is 12.1. The van der Waals surface area contributed by atoms with Crippen LogP contribution >= 0.6 is 11.6 Å². The van der Waals surface area contributed by atoms with Crippen LogP contribution < -0.4 is 10.1 Å². The number of nitrogens with one attached hydrogen (secondary N) is 1. The highest BCUT2D eigenvalue weighted by atomic mass is 35.5. The molecule has 1 aliphatic carbocycles. The smallest absolute Gasteiger partial charge is 0.314 e. The second kappa shape index (κ2) is 7.59. The predicted octanol–water partition coefficient (Wildman–Crippen LogP) is 4.19. The third-order valence-corrected chi connectivity index (χ3v) is 4.03. The number of alkyl halides is 1. The Morgan fingerprint density at radius 3 is 2.12 bits per heavy atom. The fourth-order valence-corrected chi connectivity index (χ4v) is 2.77. The molecule has 1 aliphatic rings. The summed E-state index contributed by atoms with van der Waals surface area (Å²) in [6, 6.07) is 0.115. The number of benzene rings is 1. The Bertz CT molecular complexity index is 694. The van der Waals surface area contributed by atoms with Crippen LogP contribution in [0.5, 0.6) is 5.75 Å². The minimum atomic E-state index is -2.32. The molecule has 0 fully saturated rings. The van der Waals surface area contributed by atoms with E-state index in [4.69, 9.17) is 11.6 Å². The summed E-state index contributed by atoms with van der Waals surface area (Å²) in [5.41, 5.74) is 0.706. The number of ether oxygens (including phenoxy) is 1. The second-order valence-electron chi connectivity index (χ2n) is 5.91. The molecule has 2 rings (SSSR count). The van der Waals surface area contributed by atoms with Gasteiger partial charge in [-0.05, 0) is 26.7 Å². The van der Waals surface area contributed by atoms with Gasteiger partial charge in [0.05, 0.1) is 11.3 Å². The Morgan fingerprint density at radius 1 is 1.12 bits per heavy atom. The summed E-state index contributed by atoms with van der Waals surface area (Å²) in [6.07, 6.45) is 1.90. The van der Waals surface area contributed by atoms with E-state index in [1.54, 1.807) is 6.08 Å². The zero-order valence-corrected chi connectivity index (χ0v) is 14.1. The van der Waals surface area contributed by atoms with Gasteiger partial charge < -0.3 is 10.1 Å². The molecule has 0 radical (unpaired) electrons. The Hall–Kier alpha value is -1.83. The summed E-state index contributed by atoms with van der Waals surface area (Å²) < 4.78 is 70.9. The lowest BCUT2D eigenvalue weighted by Gasteiger charge is -2.27. The fraction of sp³-hybridized carbons (Fsp3) is 0.438. The molecule has 1 aromatic carbocycles. The number of halogens is 6. The van der Waals surface area contributed by atoms with E-state index in [0.717, 1.165) is 0 Å². The first kappa shape index (κ1) is 19.5. The number of allylic oxidation sites excluding steroid dienone is 2. The van der Waals surface area contributed by atoms with Crippen LogP contribution in [-0.2, 0) is 4.79 Å². The topological polar surface area (TPSA) is 38.3 Å².